The summed E-state index contributed by atoms with van der Waals surface area (Å²) < 4.78 is 5.25. The first-order valence-corrected chi connectivity index (χ1v) is 7.46. The lowest BCUT2D eigenvalue weighted by atomic mass is 10.1. The van der Waals surface area contributed by atoms with E-state index in [9.17, 15) is 4.79 Å². The fourth-order valence-electron chi connectivity index (χ4n) is 2.18. The van der Waals surface area contributed by atoms with Crippen molar-refractivity contribution in [2.75, 3.05) is 18.2 Å². The highest BCUT2D eigenvalue weighted by Crippen LogP contribution is 2.31. The Morgan fingerprint density at radius 1 is 1.21 bits per heavy atom. The molecule has 3 N–H and O–H groups in total. The normalized spacial score (nSPS) is 10.6. The maximum absolute atomic E-state index is 12.6. The van der Waals surface area contributed by atoms with Gasteiger partial charge in [-0.2, -0.15) is 0 Å². The van der Waals surface area contributed by atoms with Gasteiger partial charge in [-0.1, -0.05) is 23.2 Å². The number of hydrogen-bond donors (Lipinski definition) is 2. The number of anilines is 2. The minimum Gasteiger partial charge on any atom is -0.494 e. The van der Waals surface area contributed by atoms with Crippen LogP contribution in [0.1, 0.15) is 10.4 Å². The number of halogens is 2. The monoisotopic (exact) mass is 363 g/mol. The number of aromatic nitrogens is 3. The zero-order chi connectivity index (χ0) is 17.3. The molecule has 122 valence electrons. The molecule has 2 heterocycles. The van der Waals surface area contributed by atoms with E-state index in [1.54, 1.807) is 12.1 Å². The van der Waals surface area contributed by atoms with Crippen LogP contribution in [0.25, 0.3) is 10.9 Å². The average Bonchev–Trinajstić information content (AvgIpc) is 2.57. The van der Waals surface area contributed by atoms with Crippen LogP contribution in [0, 0.1) is 0 Å². The van der Waals surface area contributed by atoms with Crippen LogP contribution in [0.3, 0.4) is 0 Å². The van der Waals surface area contributed by atoms with Gasteiger partial charge in [-0.3, -0.25) is 9.78 Å². The van der Waals surface area contributed by atoms with Crippen LogP contribution < -0.4 is 15.8 Å². The fraction of sp³-hybridized carbons (Fsp3) is 0.0667. The van der Waals surface area contributed by atoms with Crippen molar-refractivity contribution in [2.45, 2.75) is 0 Å². The van der Waals surface area contributed by atoms with Gasteiger partial charge in [-0.25, -0.2) is 9.97 Å². The Balaban J connectivity index is 2.08. The van der Waals surface area contributed by atoms with Crippen molar-refractivity contribution in [3.8, 4) is 5.75 Å². The Labute approximate surface area is 146 Å². The molecule has 0 spiro atoms. The number of fused-ring (bicyclic) bond motifs is 1. The molecule has 3 aromatic rings. The van der Waals surface area contributed by atoms with Crippen molar-refractivity contribution in [2.24, 2.45) is 0 Å². The summed E-state index contributed by atoms with van der Waals surface area (Å²) >= 11 is 12.0. The van der Waals surface area contributed by atoms with Gasteiger partial charge in [0.15, 0.2) is 0 Å². The lowest BCUT2D eigenvalue weighted by Crippen LogP contribution is -2.14. The van der Waals surface area contributed by atoms with Crippen molar-refractivity contribution in [1.82, 2.24) is 15.0 Å². The summed E-state index contributed by atoms with van der Waals surface area (Å²) in [6.07, 6.45) is 4.24. The number of nitrogen functional groups attached to an aromatic ring is 1. The van der Waals surface area contributed by atoms with E-state index in [0.29, 0.717) is 22.2 Å². The van der Waals surface area contributed by atoms with E-state index in [0.717, 1.165) is 0 Å². The van der Waals surface area contributed by atoms with E-state index in [-0.39, 0.29) is 21.7 Å². The number of amides is 1. The zero-order valence-electron chi connectivity index (χ0n) is 12.4. The van der Waals surface area contributed by atoms with Crippen LogP contribution in [-0.2, 0) is 0 Å². The molecule has 3 rings (SSSR count). The number of methoxy groups -OCH3 is 1. The predicted molar refractivity (Wildman–Crippen MR) is 92.7 cm³/mol. The number of pyridine rings is 1. The summed E-state index contributed by atoms with van der Waals surface area (Å²) in [5.74, 6) is 0.139. The lowest BCUT2D eigenvalue weighted by Gasteiger charge is -2.12. The maximum Gasteiger partial charge on any atom is 0.256 e. The molecule has 9 heteroatoms. The maximum atomic E-state index is 12.6. The third-order valence-corrected chi connectivity index (χ3v) is 3.86. The molecule has 0 atom stereocenters. The first-order valence-electron chi connectivity index (χ1n) is 6.71. The molecule has 0 aliphatic heterocycles. The number of hydrogen-bond acceptors (Lipinski definition) is 6. The predicted octanol–water partition coefficient (Wildman–Crippen LogP) is 3.17. The third kappa shape index (κ3) is 2.91. The number of carbonyl (C=O) groups is 1. The van der Waals surface area contributed by atoms with Gasteiger partial charge in [-0.15, -0.1) is 0 Å². The van der Waals surface area contributed by atoms with Gasteiger partial charge in [-0.05, 0) is 12.1 Å². The van der Waals surface area contributed by atoms with E-state index in [2.05, 4.69) is 20.3 Å². The minimum atomic E-state index is -0.425. The number of nitrogens with one attached hydrogen (secondary N) is 1. The van der Waals surface area contributed by atoms with Crippen LogP contribution in [0.15, 0.2) is 30.7 Å². The summed E-state index contributed by atoms with van der Waals surface area (Å²) in [5.41, 5.74) is 6.66. The van der Waals surface area contributed by atoms with Crippen molar-refractivity contribution in [3.05, 3.63) is 46.3 Å². The molecule has 0 saturated heterocycles. The molecule has 0 aliphatic carbocycles. The fourth-order valence-corrected chi connectivity index (χ4v) is 2.64. The molecule has 0 saturated carbocycles. The number of carbonyl (C=O) groups excluding carboxylic acids is 1. The number of nitrogens with two attached hydrogens (primary N) is 1. The second-order valence-electron chi connectivity index (χ2n) is 4.74. The topological polar surface area (TPSA) is 103 Å². The van der Waals surface area contributed by atoms with Crippen molar-refractivity contribution >= 4 is 51.6 Å². The molecule has 0 fully saturated rings. The number of ether oxygens (including phenoxy) is 1. The van der Waals surface area contributed by atoms with E-state index < -0.39 is 5.91 Å². The average molecular weight is 364 g/mol. The van der Waals surface area contributed by atoms with Crippen LogP contribution in [-0.4, -0.2) is 28.0 Å². The highest BCUT2D eigenvalue weighted by atomic mass is 35.5. The molecule has 1 amide bonds. The molecule has 0 unspecified atom stereocenters. The smallest absolute Gasteiger partial charge is 0.256 e. The van der Waals surface area contributed by atoms with Gasteiger partial charge in [0.2, 0.25) is 5.95 Å². The third-order valence-electron chi connectivity index (χ3n) is 3.29. The van der Waals surface area contributed by atoms with Crippen molar-refractivity contribution in [3.63, 3.8) is 0 Å². The summed E-state index contributed by atoms with van der Waals surface area (Å²) in [6, 6.07) is 3.22. The van der Waals surface area contributed by atoms with Gasteiger partial charge in [0.05, 0.1) is 28.4 Å². The van der Waals surface area contributed by atoms with Gasteiger partial charge < -0.3 is 15.8 Å². The standard InChI is InChI=1S/C15H11Cl2N5O2/c1-24-11-3-2-7(8-4-20-15(18)22-12(8)11)14(23)21-13-9(16)5-19-6-10(13)17/h2-6H,1H3,(H2,18,20,22)(H,19,21,23). The Bertz CT molecular complexity index is 928. The number of rotatable bonds is 3. The van der Waals surface area contributed by atoms with E-state index >= 15 is 0 Å². The molecule has 1 aromatic carbocycles. The molecule has 24 heavy (non-hydrogen) atoms. The van der Waals surface area contributed by atoms with E-state index in [1.807, 2.05) is 0 Å². The molecular formula is C15H11Cl2N5O2. The molecule has 7 nitrogen and oxygen atoms in total. The molecule has 2 aromatic heterocycles. The highest BCUT2D eigenvalue weighted by Gasteiger charge is 2.17. The summed E-state index contributed by atoms with van der Waals surface area (Å²) in [6.45, 7) is 0. The number of benzene rings is 1. The van der Waals surface area contributed by atoms with Crippen molar-refractivity contribution < 1.29 is 9.53 Å². The highest BCUT2D eigenvalue weighted by molar-refractivity contribution is 6.39. The second-order valence-corrected chi connectivity index (χ2v) is 5.55. The zero-order valence-corrected chi connectivity index (χ0v) is 13.9. The quantitative estimate of drug-likeness (QED) is 0.740. The second kappa shape index (κ2) is 6.46. The van der Waals surface area contributed by atoms with Gasteiger partial charge >= 0.3 is 0 Å². The van der Waals surface area contributed by atoms with Crippen LogP contribution >= 0.6 is 23.2 Å². The van der Waals surface area contributed by atoms with Crippen LogP contribution in [0.4, 0.5) is 11.6 Å². The van der Waals surface area contributed by atoms with Crippen molar-refractivity contribution in [1.29, 1.82) is 0 Å². The Hall–Kier alpha value is -2.64. The summed E-state index contributed by atoms with van der Waals surface area (Å²) in [4.78, 5) is 24.5. The van der Waals surface area contributed by atoms with Crippen LogP contribution in [0.2, 0.25) is 10.0 Å². The summed E-state index contributed by atoms with van der Waals surface area (Å²) in [7, 11) is 1.50. The Morgan fingerprint density at radius 3 is 2.58 bits per heavy atom. The minimum absolute atomic E-state index is 0.0820. The van der Waals surface area contributed by atoms with E-state index in [1.165, 1.54) is 25.7 Å². The Kier molecular flexibility index (Phi) is 4.37. The molecule has 0 aliphatic rings. The van der Waals surface area contributed by atoms with Gasteiger partial charge in [0.1, 0.15) is 11.3 Å². The van der Waals surface area contributed by atoms with Gasteiger partial charge in [0.25, 0.3) is 5.91 Å². The van der Waals surface area contributed by atoms with Crippen LogP contribution in [0.5, 0.6) is 5.75 Å². The summed E-state index contributed by atoms with van der Waals surface area (Å²) in [5, 5.41) is 3.62. The largest absolute Gasteiger partial charge is 0.494 e. The Morgan fingerprint density at radius 2 is 1.92 bits per heavy atom. The molecule has 0 bridgehead atoms. The first-order chi connectivity index (χ1) is 11.5. The van der Waals surface area contributed by atoms with Gasteiger partial charge in [0, 0.05) is 24.0 Å². The molecular weight excluding hydrogens is 353 g/mol. The SMILES string of the molecule is COc1ccc(C(=O)Nc2c(Cl)cncc2Cl)c2cnc(N)nc12. The first kappa shape index (κ1) is 16.2. The number of nitrogens with zero attached hydrogens (tertiary/aromatic N) is 3. The van der Waals surface area contributed by atoms with E-state index in [4.69, 9.17) is 33.7 Å². The molecule has 0 radical (unpaired) electrons. The lowest BCUT2D eigenvalue weighted by molar-refractivity contribution is 0.102.